The molecule has 0 aromatic carbocycles. The highest BCUT2D eigenvalue weighted by Crippen LogP contribution is 2.22. The van der Waals surface area contributed by atoms with Gasteiger partial charge in [0, 0.05) is 6.54 Å². The smallest absolute Gasteiger partial charge is 0.245 e. The SMILES string of the molecule is Cc1noc(C(CN)N2CCCC2)n1. The largest absolute Gasteiger partial charge is 0.338 e. The number of aromatic nitrogens is 2. The van der Waals surface area contributed by atoms with Crippen molar-refractivity contribution < 1.29 is 4.52 Å². The van der Waals surface area contributed by atoms with Crippen LogP contribution < -0.4 is 5.73 Å². The minimum Gasteiger partial charge on any atom is -0.338 e. The number of rotatable bonds is 3. The topological polar surface area (TPSA) is 68.2 Å². The molecular formula is C9H16N4O. The number of nitrogens with two attached hydrogens (primary N) is 1. The highest BCUT2D eigenvalue weighted by atomic mass is 16.5. The van der Waals surface area contributed by atoms with Crippen LogP contribution in [0, 0.1) is 6.92 Å². The monoisotopic (exact) mass is 196 g/mol. The Bertz CT molecular complexity index is 293. The number of nitrogens with zero attached hydrogens (tertiary/aromatic N) is 3. The molecule has 1 aliphatic rings. The Labute approximate surface area is 83.3 Å². The molecule has 0 bridgehead atoms. The molecule has 1 saturated heterocycles. The molecule has 1 aromatic heterocycles. The molecule has 1 atom stereocenters. The van der Waals surface area contributed by atoms with Crippen molar-refractivity contribution >= 4 is 0 Å². The van der Waals surface area contributed by atoms with E-state index in [4.69, 9.17) is 10.3 Å². The molecule has 0 aliphatic carbocycles. The van der Waals surface area contributed by atoms with Crippen molar-refractivity contribution in [2.75, 3.05) is 19.6 Å². The number of hydrogen-bond acceptors (Lipinski definition) is 5. The Hall–Kier alpha value is -0.940. The quantitative estimate of drug-likeness (QED) is 0.761. The fourth-order valence-electron chi connectivity index (χ4n) is 1.91. The first-order valence-corrected chi connectivity index (χ1v) is 5.05. The Morgan fingerprint density at radius 3 is 2.71 bits per heavy atom. The normalized spacial score (nSPS) is 20.1. The van der Waals surface area contributed by atoms with Crippen molar-refractivity contribution in [3.05, 3.63) is 11.7 Å². The van der Waals surface area contributed by atoms with E-state index in [1.54, 1.807) is 0 Å². The van der Waals surface area contributed by atoms with Crippen LogP contribution in [0.15, 0.2) is 4.52 Å². The first kappa shape index (κ1) is 9.61. The molecule has 2 N–H and O–H groups in total. The summed E-state index contributed by atoms with van der Waals surface area (Å²) in [6, 6.07) is 0.110. The van der Waals surface area contributed by atoms with Crippen molar-refractivity contribution in [2.24, 2.45) is 5.73 Å². The lowest BCUT2D eigenvalue weighted by molar-refractivity contribution is 0.200. The maximum Gasteiger partial charge on any atom is 0.245 e. The minimum absolute atomic E-state index is 0.110. The van der Waals surface area contributed by atoms with Crippen LogP contribution in [0.25, 0.3) is 0 Å². The van der Waals surface area contributed by atoms with Crippen LogP contribution in [0.1, 0.15) is 30.6 Å². The molecule has 5 heteroatoms. The van der Waals surface area contributed by atoms with Gasteiger partial charge < -0.3 is 10.3 Å². The van der Waals surface area contributed by atoms with Gasteiger partial charge in [0.05, 0.1) is 0 Å². The Kier molecular flexibility index (Phi) is 2.79. The van der Waals surface area contributed by atoms with Crippen LogP contribution in [0.4, 0.5) is 0 Å². The van der Waals surface area contributed by atoms with Crippen LogP contribution in [-0.4, -0.2) is 34.7 Å². The van der Waals surface area contributed by atoms with Crippen LogP contribution in [0.5, 0.6) is 0 Å². The summed E-state index contributed by atoms with van der Waals surface area (Å²) in [5, 5.41) is 3.79. The second kappa shape index (κ2) is 4.06. The Morgan fingerprint density at radius 2 is 2.21 bits per heavy atom. The molecule has 1 unspecified atom stereocenters. The van der Waals surface area contributed by atoms with E-state index >= 15 is 0 Å². The predicted molar refractivity (Wildman–Crippen MR) is 51.6 cm³/mol. The highest BCUT2D eigenvalue weighted by Gasteiger charge is 2.26. The third-order valence-corrected chi connectivity index (χ3v) is 2.63. The first-order chi connectivity index (χ1) is 6.81. The zero-order valence-corrected chi connectivity index (χ0v) is 8.44. The molecule has 2 heterocycles. The van der Waals surface area contributed by atoms with Crippen molar-refractivity contribution in [1.29, 1.82) is 0 Å². The zero-order valence-electron chi connectivity index (χ0n) is 8.44. The van der Waals surface area contributed by atoms with Gasteiger partial charge in [-0.1, -0.05) is 5.16 Å². The van der Waals surface area contributed by atoms with Crippen LogP contribution in [0.2, 0.25) is 0 Å². The maximum atomic E-state index is 5.72. The van der Waals surface area contributed by atoms with Gasteiger partial charge >= 0.3 is 0 Å². The summed E-state index contributed by atoms with van der Waals surface area (Å²) in [6.07, 6.45) is 2.48. The fourth-order valence-corrected chi connectivity index (χ4v) is 1.91. The molecule has 0 radical (unpaired) electrons. The van der Waals surface area contributed by atoms with Gasteiger partial charge in [-0.3, -0.25) is 4.90 Å². The first-order valence-electron chi connectivity index (χ1n) is 5.05. The maximum absolute atomic E-state index is 5.72. The summed E-state index contributed by atoms with van der Waals surface area (Å²) in [5.74, 6) is 1.34. The van der Waals surface area contributed by atoms with E-state index in [2.05, 4.69) is 15.0 Å². The summed E-state index contributed by atoms with van der Waals surface area (Å²) in [5.41, 5.74) is 5.72. The van der Waals surface area contributed by atoms with Crippen LogP contribution in [-0.2, 0) is 0 Å². The zero-order chi connectivity index (χ0) is 9.97. The van der Waals surface area contributed by atoms with Crippen molar-refractivity contribution in [2.45, 2.75) is 25.8 Å². The van der Waals surface area contributed by atoms with Gasteiger partial charge in [-0.05, 0) is 32.9 Å². The van der Waals surface area contributed by atoms with E-state index in [0.717, 1.165) is 13.1 Å². The lowest BCUT2D eigenvalue weighted by atomic mass is 10.2. The standard InChI is InChI=1S/C9H16N4O/c1-7-11-9(14-12-7)8(6-10)13-4-2-3-5-13/h8H,2-6,10H2,1H3. The van der Waals surface area contributed by atoms with Gasteiger partial charge in [0.25, 0.3) is 0 Å². The molecule has 1 aliphatic heterocycles. The fraction of sp³-hybridized carbons (Fsp3) is 0.778. The summed E-state index contributed by atoms with van der Waals surface area (Å²) in [4.78, 5) is 6.54. The summed E-state index contributed by atoms with van der Waals surface area (Å²) in [6.45, 7) is 4.54. The average Bonchev–Trinajstić information content (AvgIpc) is 2.79. The number of aryl methyl sites for hydroxylation is 1. The molecule has 1 fully saturated rings. The molecule has 5 nitrogen and oxygen atoms in total. The minimum atomic E-state index is 0.110. The lowest BCUT2D eigenvalue weighted by Gasteiger charge is -2.22. The van der Waals surface area contributed by atoms with Gasteiger partial charge in [-0.15, -0.1) is 0 Å². The third-order valence-electron chi connectivity index (χ3n) is 2.63. The second-order valence-electron chi connectivity index (χ2n) is 3.67. The van der Waals surface area contributed by atoms with Gasteiger partial charge in [0.15, 0.2) is 5.82 Å². The molecule has 1 aromatic rings. The van der Waals surface area contributed by atoms with Crippen LogP contribution in [0.3, 0.4) is 0 Å². The van der Waals surface area contributed by atoms with Gasteiger partial charge in [0.2, 0.25) is 5.89 Å². The van der Waals surface area contributed by atoms with Crippen molar-refractivity contribution in [3.63, 3.8) is 0 Å². The molecule has 0 amide bonds. The summed E-state index contributed by atoms with van der Waals surface area (Å²) < 4.78 is 5.15. The number of hydrogen-bond donors (Lipinski definition) is 1. The Balaban J connectivity index is 2.12. The van der Waals surface area contributed by atoms with E-state index in [1.807, 2.05) is 6.92 Å². The van der Waals surface area contributed by atoms with Crippen molar-refractivity contribution in [1.82, 2.24) is 15.0 Å². The molecule has 14 heavy (non-hydrogen) atoms. The molecule has 0 saturated carbocycles. The van der Waals surface area contributed by atoms with E-state index in [-0.39, 0.29) is 6.04 Å². The summed E-state index contributed by atoms with van der Waals surface area (Å²) >= 11 is 0. The third kappa shape index (κ3) is 1.78. The van der Waals surface area contributed by atoms with Crippen LogP contribution >= 0.6 is 0 Å². The van der Waals surface area contributed by atoms with Gasteiger partial charge in [0.1, 0.15) is 6.04 Å². The Morgan fingerprint density at radius 1 is 1.50 bits per heavy atom. The predicted octanol–water partition coefficient (Wildman–Crippen LogP) is 0.474. The van der Waals surface area contributed by atoms with E-state index in [1.165, 1.54) is 12.8 Å². The molecular weight excluding hydrogens is 180 g/mol. The van der Waals surface area contributed by atoms with E-state index in [0.29, 0.717) is 18.3 Å². The molecule has 78 valence electrons. The lowest BCUT2D eigenvalue weighted by Crippen LogP contribution is -2.31. The molecule has 0 spiro atoms. The highest BCUT2D eigenvalue weighted by molar-refractivity contribution is 4.94. The number of likely N-dealkylation sites (tertiary alicyclic amines) is 1. The van der Waals surface area contributed by atoms with E-state index < -0.39 is 0 Å². The second-order valence-corrected chi connectivity index (χ2v) is 3.67. The van der Waals surface area contributed by atoms with Crippen molar-refractivity contribution in [3.8, 4) is 0 Å². The van der Waals surface area contributed by atoms with Gasteiger partial charge in [-0.2, -0.15) is 4.98 Å². The summed E-state index contributed by atoms with van der Waals surface area (Å²) in [7, 11) is 0. The van der Waals surface area contributed by atoms with E-state index in [9.17, 15) is 0 Å². The van der Waals surface area contributed by atoms with Gasteiger partial charge in [-0.25, -0.2) is 0 Å². The molecule has 2 rings (SSSR count). The average molecular weight is 196 g/mol.